The molecule has 0 saturated heterocycles. The van der Waals surface area contributed by atoms with E-state index in [0.717, 1.165) is 44.9 Å². The van der Waals surface area contributed by atoms with Gasteiger partial charge in [-0.25, -0.2) is 8.78 Å². The van der Waals surface area contributed by atoms with Crippen LogP contribution in [0.3, 0.4) is 0 Å². The molecule has 30 heavy (non-hydrogen) atoms. The van der Waals surface area contributed by atoms with Crippen LogP contribution >= 0.6 is 11.8 Å². The highest BCUT2D eigenvalue weighted by Gasteiger charge is 2.26. The second-order valence-electron chi connectivity index (χ2n) is 7.49. The molecule has 1 rings (SSSR count). The molecule has 1 aromatic rings. The van der Waals surface area contributed by atoms with Crippen LogP contribution in [0.25, 0.3) is 0 Å². The molecule has 0 amide bonds. The van der Waals surface area contributed by atoms with E-state index < -0.39 is 22.8 Å². The lowest BCUT2D eigenvalue weighted by Gasteiger charge is -2.15. The van der Waals surface area contributed by atoms with Gasteiger partial charge >= 0.3 is 0 Å². The van der Waals surface area contributed by atoms with Crippen molar-refractivity contribution in [2.45, 2.75) is 95.8 Å². The van der Waals surface area contributed by atoms with Crippen LogP contribution in [0.4, 0.5) is 8.78 Å². The monoisotopic (exact) mass is 436 g/mol. The van der Waals surface area contributed by atoms with Gasteiger partial charge in [0.2, 0.25) is 0 Å². The van der Waals surface area contributed by atoms with Crippen LogP contribution in [-0.4, -0.2) is 12.4 Å². The van der Waals surface area contributed by atoms with Crippen molar-refractivity contribution >= 4 is 11.8 Å². The van der Waals surface area contributed by atoms with E-state index in [2.05, 4.69) is 13.8 Å². The fourth-order valence-electron chi connectivity index (χ4n) is 3.23. The van der Waals surface area contributed by atoms with Crippen LogP contribution in [0.1, 0.15) is 102 Å². The largest absolute Gasteiger partial charge is 0.489 e. The van der Waals surface area contributed by atoms with Crippen LogP contribution < -0.4 is 4.74 Å². The van der Waals surface area contributed by atoms with Crippen molar-refractivity contribution in [2.24, 2.45) is 0 Å². The van der Waals surface area contributed by atoms with E-state index in [0.29, 0.717) is 5.75 Å². The molecule has 0 aliphatic rings. The quantitative estimate of drug-likeness (QED) is 0.195. The molecule has 0 aliphatic heterocycles. The lowest BCUT2D eigenvalue weighted by molar-refractivity contribution is 0.279. The molecule has 0 aliphatic carbocycles. The lowest BCUT2D eigenvalue weighted by Crippen LogP contribution is -2.07. The molecule has 0 saturated carbocycles. The third-order valence-electron chi connectivity index (χ3n) is 5.01. The minimum atomic E-state index is -0.924. The van der Waals surface area contributed by atoms with E-state index in [1.54, 1.807) is 12.1 Å². The maximum absolute atomic E-state index is 14.9. The van der Waals surface area contributed by atoms with Gasteiger partial charge in [-0.15, -0.1) is 11.8 Å². The van der Waals surface area contributed by atoms with Crippen LogP contribution in [-0.2, 0) is 0 Å². The zero-order valence-corrected chi connectivity index (χ0v) is 19.2. The summed E-state index contributed by atoms with van der Waals surface area (Å²) in [5, 5.41) is 18.4. The Hall–Kier alpha value is -1.79. The highest BCUT2D eigenvalue weighted by molar-refractivity contribution is 7.99. The molecule has 0 aromatic heterocycles. The van der Waals surface area contributed by atoms with Crippen molar-refractivity contribution in [1.82, 2.24) is 0 Å². The average molecular weight is 437 g/mol. The topological polar surface area (TPSA) is 56.8 Å². The first-order chi connectivity index (χ1) is 14.6. The van der Waals surface area contributed by atoms with Gasteiger partial charge in [-0.3, -0.25) is 0 Å². The molecular weight excluding hydrogens is 402 g/mol. The number of hydrogen-bond acceptors (Lipinski definition) is 4. The summed E-state index contributed by atoms with van der Waals surface area (Å²) in [5.74, 6) is -1.36. The summed E-state index contributed by atoms with van der Waals surface area (Å²) < 4.78 is 35.4. The van der Waals surface area contributed by atoms with Crippen LogP contribution in [0, 0.1) is 34.3 Å². The van der Waals surface area contributed by atoms with Gasteiger partial charge < -0.3 is 4.74 Å². The normalized spacial score (nSPS) is 10.6. The molecule has 0 fully saturated rings. The highest BCUT2D eigenvalue weighted by atomic mass is 32.2. The zero-order chi connectivity index (χ0) is 22.2. The Morgan fingerprint density at radius 3 is 1.80 bits per heavy atom. The van der Waals surface area contributed by atoms with Crippen molar-refractivity contribution < 1.29 is 13.5 Å². The van der Waals surface area contributed by atoms with E-state index in [4.69, 9.17) is 4.74 Å². The number of nitrogens with zero attached hydrogens (tertiary/aromatic N) is 2. The predicted octanol–water partition coefficient (Wildman–Crippen LogP) is 7.90. The minimum absolute atomic E-state index is 0.0163. The van der Waals surface area contributed by atoms with Crippen molar-refractivity contribution in [3.05, 3.63) is 22.8 Å². The maximum Gasteiger partial charge on any atom is 0.185 e. The second kappa shape index (κ2) is 16.0. The number of thioether (sulfide) groups is 1. The first-order valence-electron chi connectivity index (χ1n) is 11.2. The van der Waals surface area contributed by atoms with E-state index in [-0.39, 0.29) is 17.3 Å². The smallest absolute Gasteiger partial charge is 0.185 e. The molecule has 0 N–H and O–H groups in total. The summed E-state index contributed by atoms with van der Waals surface area (Å²) in [6, 6.07) is 3.25. The first-order valence-corrected chi connectivity index (χ1v) is 12.2. The number of nitriles is 2. The summed E-state index contributed by atoms with van der Waals surface area (Å²) in [7, 11) is 0. The summed E-state index contributed by atoms with van der Waals surface area (Å²) >= 11 is 1.17. The molecule has 0 heterocycles. The molecule has 6 heteroatoms. The molecule has 0 radical (unpaired) electrons. The summed E-state index contributed by atoms with van der Waals surface area (Å²) in [5.41, 5.74) is -1.11. The Kier molecular flexibility index (Phi) is 14.0. The molecule has 1 aromatic carbocycles. The Morgan fingerprint density at radius 2 is 1.23 bits per heavy atom. The fraction of sp³-hybridized carbons (Fsp3) is 0.667. The van der Waals surface area contributed by atoms with Crippen molar-refractivity contribution in [2.75, 3.05) is 12.4 Å². The number of ether oxygens (including phenoxy) is 1. The van der Waals surface area contributed by atoms with Crippen molar-refractivity contribution in [3.63, 3.8) is 0 Å². The number of benzene rings is 1. The fourth-order valence-corrected chi connectivity index (χ4v) is 4.29. The number of unbranched alkanes of at least 4 members (excludes halogenated alkanes) is 10. The second-order valence-corrected chi connectivity index (χ2v) is 8.60. The van der Waals surface area contributed by atoms with E-state index >= 15 is 0 Å². The molecule has 166 valence electrons. The van der Waals surface area contributed by atoms with E-state index in [1.807, 2.05) is 0 Å². The average Bonchev–Trinajstić information content (AvgIpc) is 2.75. The standard InChI is InChI=1S/C24H34F2N2OS/c1-3-5-7-9-11-13-15-29-23-21(25)19(17-27)20(18-28)22(26)24(23)30-16-14-12-10-8-6-4-2/h3-16H2,1-2H3. The summed E-state index contributed by atoms with van der Waals surface area (Å²) in [6.07, 6.45) is 12.9. The predicted molar refractivity (Wildman–Crippen MR) is 119 cm³/mol. The summed E-state index contributed by atoms with van der Waals surface area (Å²) in [4.78, 5) is 0.0163. The third kappa shape index (κ3) is 8.52. The lowest BCUT2D eigenvalue weighted by atomic mass is 10.1. The Bertz CT molecular complexity index is 665. The molecule has 0 spiro atoms. The number of halogens is 2. The van der Waals surface area contributed by atoms with Gasteiger partial charge in [0, 0.05) is 0 Å². The molecule has 0 atom stereocenters. The maximum atomic E-state index is 14.9. The minimum Gasteiger partial charge on any atom is -0.489 e. The molecule has 0 bridgehead atoms. The van der Waals surface area contributed by atoms with Gasteiger partial charge in [0.25, 0.3) is 0 Å². The van der Waals surface area contributed by atoms with Crippen LogP contribution in [0.5, 0.6) is 5.75 Å². The van der Waals surface area contributed by atoms with Crippen molar-refractivity contribution in [3.8, 4) is 17.9 Å². The first kappa shape index (κ1) is 26.2. The van der Waals surface area contributed by atoms with Crippen LogP contribution in [0.15, 0.2) is 4.90 Å². The molecule has 0 unspecified atom stereocenters. The van der Waals surface area contributed by atoms with E-state index in [9.17, 15) is 19.3 Å². The van der Waals surface area contributed by atoms with Gasteiger partial charge in [-0.1, -0.05) is 78.1 Å². The van der Waals surface area contributed by atoms with Gasteiger partial charge in [0.05, 0.1) is 11.5 Å². The Balaban J connectivity index is 2.81. The molecular formula is C24H34F2N2OS. The van der Waals surface area contributed by atoms with Crippen molar-refractivity contribution in [1.29, 1.82) is 10.5 Å². The van der Waals surface area contributed by atoms with Gasteiger partial charge in [0.1, 0.15) is 23.3 Å². The summed E-state index contributed by atoms with van der Waals surface area (Å²) in [6.45, 7) is 4.59. The van der Waals surface area contributed by atoms with Gasteiger partial charge in [-0.05, 0) is 18.6 Å². The SMILES string of the molecule is CCCCCCCCOc1c(F)c(C#N)c(C#N)c(F)c1SCCCCCCCC. The van der Waals surface area contributed by atoms with Gasteiger partial charge in [0.15, 0.2) is 17.4 Å². The van der Waals surface area contributed by atoms with Gasteiger partial charge in [-0.2, -0.15) is 10.5 Å². The Labute approximate surface area is 184 Å². The van der Waals surface area contributed by atoms with Crippen LogP contribution in [0.2, 0.25) is 0 Å². The van der Waals surface area contributed by atoms with E-state index in [1.165, 1.54) is 43.9 Å². The number of hydrogen-bond donors (Lipinski definition) is 0. The zero-order valence-electron chi connectivity index (χ0n) is 18.4. The third-order valence-corrected chi connectivity index (χ3v) is 6.15. The molecule has 3 nitrogen and oxygen atoms in total. The Morgan fingerprint density at radius 1 is 0.733 bits per heavy atom. The number of rotatable bonds is 16. The highest BCUT2D eigenvalue weighted by Crippen LogP contribution is 2.39.